The molecule has 0 saturated carbocycles. The summed E-state index contributed by atoms with van der Waals surface area (Å²) in [6.45, 7) is 11.2. The van der Waals surface area contributed by atoms with Crippen LogP contribution in [0.3, 0.4) is 0 Å². The standard InChI is InChI=1S/C16H23NO2S/c1-15(2)11-17(12-16(3,4)19-15)10-14-13(6-5-8-18)7-9-20-14/h7,9,18H,8,10-12H2,1-4H3. The van der Waals surface area contributed by atoms with Gasteiger partial charge in [-0.3, -0.25) is 4.90 Å². The Morgan fingerprint density at radius 1 is 1.30 bits per heavy atom. The fraction of sp³-hybridized carbons (Fsp3) is 0.625. The molecule has 0 aromatic carbocycles. The maximum absolute atomic E-state index is 8.82. The van der Waals surface area contributed by atoms with Crippen molar-refractivity contribution >= 4 is 11.3 Å². The molecule has 20 heavy (non-hydrogen) atoms. The van der Waals surface area contributed by atoms with Gasteiger partial charge in [0.2, 0.25) is 0 Å². The number of thiophene rings is 1. The lowest BCUT2D eigenvalue weighted by Gasteiger charge is -2.47. The zero-order chi connectivity index (χ0) is 14.8. The van der Waals surface area contributed by atoms with Gasteiger partial charge in [-0.05, 0) is 39.1 Å². The summed E-state index contributed by atoms with van der Waals surface area (Å²) in [7, 11) is 0. The van der Waals surface area contributed by atoms with E-state index < -0.39 is 0 Å². The van der Waals surface area contributed by atoms with Crippen molar-refractivity contribution in [1.82, 2.24) is 4.90 Å². The summed E-state index contributed by atoms with van der Waals surface area (Å²) < 4.78 is 6.11. The molecule has 1 aliphatic rings. The maximum atomic E-state index is 8.82. The molecule has 0 spiro atoms. The number of hydrogen-bond donors (Lipinski definition) is 1. The minimum Gasteiger partial charge on any atom is -0.384 e. The quantitative estimate of drug-likeness (QED) is 0.850. The van der Waals surface area contributed by atoms with Crippen molar-refractivity contribution in [3.05, 3.63) is 21.9 Å². The molecule has 1 saturated heterocycles. The SMILES string of the molecule is CC1(C)CN(Cc2sccc2C#CCO)CC(C)(C)O1. The second-order valence-corrected chi connectivity index (χ2v) is 7.48. The van der Waals surface area contributed by atoms with E-state index in [9.17, 15) is 0 Å². The number of ether oxygens (including phenoxy) is 1. The molecule has 1 N–H and O–H groups in total. The van der Waals surface area contributed by atoms with E-state index >= 15 is 0 Å². The van der Waals surface area contributed by atoms with E-state index in [2.05, 4.69) is 49.8 Å². The van der Waals surface area contributed by atoms with Gasteiger partial charge in [0.05, 0.1) is 11.2 Å². The van der Waals surface area contributed by atoms with E-state index in [-0.39, 0.29) is 17.8 Å². The Balaban J connectivity index is 2.12. The van der Waals surface area contributed by atoms with Gasteiger partial charge in [0.25, 0.3) is 0 Å². The van der Waals surface area contributed by atoms with E-state index in [0.717, 1.165) is 25.2 Å². The van der Waals surface area contributed by atoms with Crippen molar-refractivity contribution < 1.29 is 9.84 Å². The Labute approximate surface area is 125 Å². The molecule has 0 aliphatic carbocycles. The fourth-order valence-corrected chi connectivity index (χ4v) is 3.84. The van der Waals surface area contributed by atoms with Gasteiger partial charge in [-0.25, -0.2) is 0 Å². The molecular weight excluding hydrogens is 270 g/mol. The largest absolute Gasteiger partial charge is 0.384 e. The van der Waals surface area contributed by atoms with Crippen molar-refractivity contribution in [2.45, 2.75) is 45.4 Å². The van der Waals surface area contributed by atoms with Crippen molar-refractivity contribution in [2.24, 2.45) is 0 Å². The van der Waals surface area contributed by atoms with E-state index in [4.69, 9.17) is 9.84 Å². The monoisotopic (exact) mass is 293 g/mol. The minimum atomic E-state index is -0.129. The van der Waals surface area contributed by atoms with Crippen molar-refractivity contribution in [1.29, 1.82) is 0 Å². The second kappa shape index (κ2) is 5.87. The van der Waals surface area contributed by atoms with Crippen LogP contribution in [0.4, 0.5) is 0 Å². The lowest BCUT2D eigenvalue weighted by atomic mass is 9.99. The van der Waals surface area contributed by atoms with Crippen molar-refractivity contribution in [2.75, 3.05) is 19.7 Å². The lowest BCUT2D eigenvalue weighted by Crippen LogP contribution is -2.56. The van der Waals surface area contributed by atoms with Crippen LogP contribution in [-0.2, 0) is 11.3 Å². The van der Waals surface area contributed by atoms with Crippen LogP contribution in [0.15, 0.2) is 11.4 Å². The highest BCUT2D eigenvalue weighted by Gasteiger charge is 2.38. The molecule has 1 aromatic rings. The zero-order valence-electron chi connectivity index (χ0n) is 12.7. The van der Waals surface area contributed by atoms with Crippen LogP contribution >= 0.6 is 11.3 Å². The van der Waals surface area contributed by atoms with Gasteiger partial charge < -0.3 is 9.84 Å². The maximum Gasteiger partial charge on any atom is 0.104 e. The first kappa shape index (κ1) is 15.5. The first-order chi connectivity index (χ1) is 9.31. The highest BCUT2D eigenvalue weighted by atomic mass is 32.1. The predicted octanol–water partition coefficient (Wildman–Crippen LogP) is 2.48. The summed E-state index contributed by atoms with van der Waals surface area (Å²) in [5, 5.41) is 10.9. The zero-order valence-corrected chi connectivity index (χ0v) is 13.5. The summed E-state index contributed by atoms with van der Waals surface area (Å²) >= 11 is 1.73. The first-order valence-electron chi connectivity index (χ1n) is 6.90. The number of hydrogen-bond acceptors (Lipinski definition) is 4. The van der Waals surface area contributed by atoms with Gasteiger partial charge in [-0.1, -0.05) is 11.8 Å². The molecule has 2 heterocycles. The van der Waals surface area contributed by atoms with Crippen LogP contribution in [0.25, 0.3) is 0 Å². The third kappa shape index (κ3) is 4.07. The number of rotatable bonds is 2. The van der Waals surface area contributed by atoms with Gasteiger partial charge in [-0.15, -0.1) is 11.3 Å². The van der Waals surface area contributed by atoms with Crippen LogP contribution in [0.2, 0.25) is 0 Å². The molecule has 0 unspecified atom stereocenters. The molecule has 0 amide bonds. The van der Waals surface area contributed by atoms with Crippen LogP contribution in [-0.4, -0.2) is 40.9 Å². The summed E-state index contributed by atoms with van der Waals surface area (Å²) in [5.41, 5.74) is 0.775. The highest BCUT2D eigenvalue weighted by Crippen LogP contribution is 2.30. The first-order valence-corrected chi connectivity index (χ1v) is 7.78. The summed E-state index contributed by atoms with van der Waals surface area (Å²) in [5.74, 6) is 5.76. The molecule has 110 valence electrons. The summed E-state index contributed by atoms with van der Waals surface area (Å²) in [6.07, 6.45) is 0. The molecule has 4 heteroatoms. The fourth-order valence-electron chi connectivity index (χ4n) is 2.97. The smallest absolute Gasteiger partial charge is 0.104 e. The Morgan fingerprint density at radius 3 is 2.55 bits per heavy atom. The Bertz CT molecular complexity index is 506. The molecule has 3 nitrogen and oxygen atoms in total. The van der Waals surface area contributed by atoms with E-state index in [1.165, 1.54) is 4.88 Å². The number of nitrogens with zero attached hydrogens (tertiary/aromatic N) is 1. The Hall–Kier alpha value is -0.860. The average molecular weight is 293 g/mol. The molecule has 1 fully saturated rings. The van der Waals surface area contributed by atoms with E-state index in [1.54, 1.807) is 11.3 Å². The molecule has 0 radical (unpaired) electrons. The van der Waals surface area contributed by atoms with Gasteiger partial charge in [0, 0.05) is 30.1 Å². The molecule has 1 aromatic heterocycles. The van der Waals surface area contributed by atoms with Gasteiger partial charge in [-0.2, -0.15) is 0 Å². The van der Waals surface area contributed by atoms with Crippen LogP contribution in [0.1, 0.15) is 38.1 Å². The summed E-state index contributed by atoms with van der Waals surface area (Å²) in [6, 6.07) is 2.03. The molecular formula is C16H23NO2S. The van der Waals surface area contributed by atoms with Crippen LogP contribution < -0.4 is 0 Å². The van der Waals surface area contributed by atoms with Gasteiger partial charge >= 0.3 is 0 Å². The predicted molar refractivity (Wildman–Crippen MR) is 82.8 cm³/mol. The normalized spacial score (nSPS) is 21.2. The number of aliphatic hydroxyl groups is 1. The third-order valence-corrected chi connectivity index (χ3v) is 4.08. The average Bonchev–Trinajstić information content (AvgIpc) is 2.69. The highest BCUT2D eigenvalue weighted by molar-refractivity contribution is 7.10. The molecule has 1 aliphatic heterocycles. The molecule has 2 rings (SSSR count). The third-order valence-electron chi connectivity index (χ3n) is 3.18. The number of aliphatic hydroxyl groups excluding tert-OH is 1. The van der Waals surface area contributed by atoms with Gasteiger partial charge in [0.15, 0.2) is 0 Å². The second-order valence-electron chi connectivity index (χ2n) is 6.48. The summed E-state index contributed by atoms with van der Waals surface area (Å²) in [4.78, 5) is 3.69. The van der Waals surface area contributed by atoms with Crippen molar-refractivity contribution in [3.8, 4) is 11.8 Å². The Morgan fingerprint density at radius 2 is 1.95 bits per heavy atom. The number of morpholine rings is 1. The van der Waals surface area contributed by atoms with E-state index in [1.807, 2.05) is 6.07 Å². The Kier molecular flexibility index (Phi) is 4.55. The molecule has 0 atom stereocenters. The topological polar surface area (TPSA) is 32.7 Å². The van der Waals surface area contributed by atoms with Crippen LogP contribution in [0, 0.1) is 11.8 Å². The molecule has 0 bridgehead atoms. The van der Waals surface area contributed by atoms with Crippen LogP contribution in [0.5, 0.6) is 0 Å². The van der Waals surface area contributed by atoms with Crippen molar-refractivity contribution in [3.63, 3.8) is 0 Å². The van der Waals surface area contributed by atoms with E-state index in [0.29, 0.717) is 0 Å². The minimum absolute atomic E-state index is 0.0904. The lowest BCUT2D eigenvalue weighted by molar-refractivity contribution is -0.182. The van der Waals surface area contributed by atoms with Gasteiger partial charge in [0.1, 0.15) is 6.61 Å².